The third-order valence-corrected chi connectivity index (χ3v) is 4.95. The van der Waals surface area contributed by atoms with Crippen LogP contribution in [0.25, 0.3) is 0 Å². The van der Waals surface area contributed by atoms with E-state index in [4.69, 9.17) is 0 Å². The SMILES string of the molecule is CCC(C(=O)C1CCC(C)C(C)C1)c1ccccc1. The van der Waals surface area contributed by atoms with Gasteiger partial charge in [0.25, 0.3) is 0 Å². The molecule has 2 rings (SSSR count). The normalized spacial score (nSPS) is 28.9. The van der Waals surface area contributed by atoms with Gasteiger partial charge in [-0.3, -0.25) is 4.79 Å². The van der Waals surface area contributed by atoms with E-state index in [1.54, 1.807) is 0 Å². The molecule has 1 aromatic carbocycles. The van der Waals surface area contributed by atoms with Crippen molar-refractivity contribution in [2.75, 3.05) is 0 Å². The van der Waals surface area contributed by atoms with E-state index in [1.165, 1.54) is 12.0 Å². The summed E-state index contributed by atoms with van der Waals surface area (Å²) in [6.07, 6.45) is 4.31. The molecule has 0 aromatic heterocycles. The van der Waals surface area contributed by atoms with Crippen molar-refractivity contribution in [3.63, 3.8) is 0 Å². The Morgan fingerprint density at radius 3 is 2.42 bits per heavy atom. The summed E-state index contributed by atoms with van der Waals surface area (Å²) in [5.74, 6) is 2.34. The van der Waals surface area contributed by atoms with E-state index in [2.05, 4.69) is 32.9 Å². The molecule has 1 aliphatic rings. The minimum Gasteiger partial charge on any atom is -0.299 e. The molecule has 19 heavy (non-hydrogen) atoms. The van der Waals surface area contributed by atoms with Gasteiger partial charge in [-0.25, -0.2) is 0 Å². The van der Waals surface area contributed by atoms with Crippen LogP contribution in [0.2, 0.25) is 0 Å². The molecule has 0 N–H and O–H groups in total. The van der Waals surface area contributed by atoms with Gasteiger partial charge >= 0.3 is 0 Å². The summed E-state index contributed by atoms with van der Waals surface area (Å²) in [7, 11) is 0. The summed E-state index contributed by atoms with van der Waals surface area (Å²) in [4.78, 5) is 12.8. The topological polar surface area (TPSA) is 17.1 Å². The lowest BCUT2D eigenvalue weighted by Gasteiger charge is -2.33. The van der Waals surface area contributed by atoms with Gasteiger partial charge in [0.15, 0.2) is 0 Å². The molecule has 0 bridgehead atoms. The zero-order valence-electron chi connectivity index (χ0n) is 12.4. The smallest absolute Gasteiger partial charge is 0.143 e. The number of carbonyl (C=O) groups is 1. The fourth-order valence-corrected chi connectivity index (χ4v) is 3.38. The molecule has 0 aliphatic heterocycles. The minimum atomic E-state index is 0.104. The average Bonchev–Trinajstić information content (AvgIpc) is 2.44. The highest BCUT2D eigenvalue weighted by atomic mass is 16.1. The standard InChI is InChI=1S/C18H26O/c1-4-17(15-8-6-5-7-9-15)18(19)16-11-10-13(2)14(3)12-16/h5-9,13-14,16-17H,4,10-12H2,1-3H3. The molecule has 104 valence electrons. The van der Waals surface area contributed by atoms with Crippen LogP contribution in [0.1, 0.15) is 57.9 Å². The van der Waals surface area contributed by atoms with Gasteiger partial charge in [0.2, 0.25) is 0 Å². The number of hydrogen-bond donors (Lipinski definition) is 0. The highest BCUT2D eigenvalue weighted by Crippen LogP contribution is 2.37. The number of ketones is 1. The van der Waals surface area contributed by atoms with E-state index in [9.17, 15) is 4.79 Å². The highest BCUT2D eigenvalue weighted by molar-refractivity contribution is 5.87. The van der Waals surface area contributed by atoms with Crippen LogP contribution in [0.3, 0.4) is 0 Å². The molecule has 1 heteroatoms. The molecule has 0 saturated heterocycles. The van der Waals surface area contributed by atoms with Gasteiger partial charge in [-0.2, -0.15) is 0 Å². The van der Waals surface area contributed by atoms with Crippen LogP contribution in [0, 0.1) is 17.8 Å². The fourth-order valence-electron chi connectivity index (χ4n) is 3.38. The molecule has 4 atom stereocenters. The molecule has 1 fully saturated rings. The molecular formula is C18H26O. The van der Waals surface area contributed by atoms with Crippen LogP contribution in [-0.4, -0.2) is 5.78 Å². The first kappa shape index (κ1) is 14.3. The summed E-state index contributed by atoms with van der Waals surface area (Å²) in [5.41, 5.74) is 1.20. The first-order valence-electron chi connectivity index (χ1n) is 7.72. The van der Waals surface area contributed by atoms with Gasteiger partial charge in [-0.15, -0.1) is 0 Å². The first-order valence-corrected chi connectivity index (χ1v) is 7.72. The monoisotopic (exact) mass is 258 g/mol. The molecule has 0 radical (unpaired) electrons. The molecule has 0 spiro atoms. The van der Waals surface area contributed by atoms with Crippen LogP contribution < -0.4 is 0 Å². The summed E-state index contributed by atoms with van der Waals surface area (Å²) in [6.45, 7) is 6.75. The number of Topliss-reactive ketones (excluding diaryl/α,β-unsaturated/α-hetero) is 1. The van der Waals surface area contributed by atoms with Gasteiger partial charge < -0.3 is 0 Å². The third kappa shape index (κ3) is 3.26. The van der Waals surface area contributed by atoms with Crippen molar-refractivity contribution >= 4 is 5.78 Å². The Hall–Kier alpha value is -1.11. The quantitative estimate of drug-likeness (QED) is 0.756. The predicted molar refractivity (Wildman–Crippen MR) is 80.2 cm³/mol. The second-order valence-electron chi connectivity index (χ2n) is 6.24. The fraction of sp³-hybridized carbons (Fsp3) is 0.611. The van der Waals surface area contributed by atoms with E-state index in [-0.39, 0.29) is 11.8 Å². The molecule has 1 aromatic rings. The van der Waals surface area contributed by atoms with Crippen molar-refractivity contribution in [1.82, 2.24) is 0 Å². The Morgan fingerprint density at radius 2 is 1.84 bits per heavy atom. The Balaban J connectivity index is 2.09. The van der Waals surface area contributed by atoms with E-state index in [0.717, 1.165) is 25.2 Å². The second-order valence-corrected chi connectivity index (χ2v) is 6.24. The minimum absolute atomic E-state index is 0.104. The van der Waals surface area contributed by atoms with Gasteiger partial charge in [0.1, 0.15) is 5.78 Å². The van der Waals surface area contributed by atoms with E-state index in [0.29, 0.717) is 11.7 Å². The molecule has 4 unspecified atom stereocenters. The number of rotatable bonds is 4. The van der Waals surface area contributed by atoms with Crippen LogP contribution >= 0.6 is 0 Å². The maximum atomic E-state index is 12.8. The summed E-state index contributed by atoms with van der Waals surface area (Å²) in [6, 6.07) is 10.3. The van der Waals surface area contributed by atoms with Gasteiger partial charge in [-0.1, -0.05) is 51.1 Å². The summed E-state index contributed by atoms with van der Waals surface area (Å²) in [5, 5.41) is 0. The van der Waals surface area contributed by atoms with Crippen molar-refractivity contribution in [1.29, 1.82) is 0 Å². The zero-order chi connectivity index (χ0) is 13.8. The Morgan fingerprint density at radius 1 is 1.16 bits per heavy atom. The number of benzene rings is 1. The van der Waals surface area contributed by atoms with Crippen molar-refractivity contribution in [2.45, 2.75) is 52.4 Å². The molecule has 1 aliphatic carbocycles. The molecule has 1 saturated carbocycles. The second kappa shape index (κ2) is 6.36. The Kier molecular flexibility index (Phi) is 4.79. The third-order valence-electron chi connectivity index (χ3n) is 4.95. The largest absolute Gasteiger partial charge is 0.299 e. The maximum Gasteiger partial charge on any atom is 0.143 e. The lowest BCUT2D eigenvalue weighted by Crippen LogP contribution is -2.29. The van der Waals surface area contributed by atoms with Gasteiger partial charge in [0, 0.05) is 11.8 Å². The van der Waals surface area contributed by atoms with Crippen LogP contribution in [-0.2, 0) is 4.79 Å². The first-order chi connectivity index (χ1) is 9.13. The lowest BCUT2D eigenvalue weighted by molar-refractivity contribution is -0.126. The average molecular weight is 258 g/mol. The van der Waals surface area contributed by atoms with Crippen molar-refractivity contribution in [3.8, 4) is 0 Å². The number of hydrogen-bond acceptors (Lipinski definition) is 1. The van der Waals surface area contributed by atoms with Crippen LogP contribution in [0.4, 0.5) is 0 Å². The van der Waals surface area contributed by atoms with Gasteiger partial charge in [-0.05, 0) is 43.1 Å². The van der Waals surface area contributed by atoms with Crippen molar-refractivity contribution in [3.05, 3.63) is 35.9 Å². The van der Waals surface area contributed by atoms with Crippen LogP contribution in [0.5, 0.6) is 0 Å². The summed E-state index contributed by atoms with van der Waals surface area (Å²) >= 11 is 0. The zero-order valence-corrected chi connectivity index (χ0v) is 12.4. The Labute approximate surface area is 117 Å². The predicted octanol–water partition coefficient (Wildman–Crippen LogP) is 4.82. The maximum absolute atomic E-state index is 12.8. The Bertz CT molecular complexity index is 409. The van der Waals surface area contributed by atoms with E-state index in [1.807, 2.05) is 18.2 Å². The highest BCUT2D eigenvalue weighted by Gasteiger charge is 2.32. The molecule has 0 heterocycles. The molecular weight excluding hydrogens is 232 g/mol. The van der Waals surface area contributed by atoms with Crippen molar-refractivity contribution in [2.24, 2.45) is 17.8 Å². The molecule has 0 amide bonds. The molecule has 1 nitrogen and oxygen atoms in total. The van der Waals surface area contributed by atoms with E-state index < -0.39 is 0 Å². The summed E-state index contributed by atoms with van der Waals surface area (Å²) < 4.78 is 0. The number of carbonyl (C=O) groups excluding carboxylic acids is 1. The van der Waals surface area contributed by atoms with Crippen molar-refractivity contribution < 1.29 is 4.79 Å². The van der Waals surface area contributed by atoms with E-state index >= 15 is 0 Å². The van der Waals surface area contributed by atoms with Gasteiger partial charge in [0.05, 0.1) is 0 Å². The lowest BCUT2D eigenvalue weighted by atomic mass is 9.71. The van der Waals surface area contributed by atoms with Crippen LogP contribution in [0.15, 0.2) is 30.3 Å².